The molecule has 1 heterocycles. The van der Waals surface area contributed by atoms with Gasteiger partial charge < -0.3 is 10.6 Å². The van der Waals surface area contributed by atoms with Crippen molar-refractivity contribution in [1.29, 1.82) is 0 Å². The highest BCUT2D eigenvalue weighted by Crippen LogP contribution is 2.38. The van der Waals surface area contributed by atoms with Crippen LogP contribution in [0.25, 0.3) is 12.2 Å². The van der Waals surface area contributed by atoms with Gasteiger partial charge in [-0.1, -0.05) is 48.6 Å². The van der Waals surface area contributed by atoms with Crippen LogP contribution in [0.4, 0.5) is 0 Å². The SMILES string of the molecule is Cc1ccc2c(c1S)C=Cc1ccccc1C2N=C1NCCN1.Cl. The lowest BCUT2D eigenvalue weighted by molar-refractivity contribution is 0.846. The molecule has 1 aliphatic carbocycles. The smallest absolute Gasteiger partial charge is 0.192 e. The highest BCUT2D eigenvalue weighted by molar-refractivity contribution is 7.80. The van der Waals surface area contributed by atoms with Gasteiger partial charge >= 0.3 is 0 Å². The molecule has 0 radical (unpaired) electrons. The van der Waals surface area contributed by atoms with Gasteiger partial charge in [-0.2, -0.15) is 0 Å². The molecule has 1 fully saturated rings. The summed E-state index contributed by atoms with van der Waals surface area (Å²) in [5.41, 5.74) is 5.98. The number of rotatable bonds is 1. The van der Waals surface area contributed by atoms with Crippen LogP contribution in [0.3, 0.4) is 0 Å². The van der Waals surface area contributed by atoms with E-state index >= 15 is 0 Å². The average Bonchev–Trinajstić information content (AvgIpc) is 3.02. The van der Waals surface area contributed by atoms with Gasteiger partial charge in [-0.05, 0) is 34.7 Å². The fourth-order valence-electron chi connectivity index (χ4n) is 3.18. The van der Waals surface area contributed by atoms with Gasteiger partial charge in [0.25, 0.3) is 0 Å². The summed E-state index contributed by atoms with van der Waals surface area (Å²) in [6.07, 6.45) is 4.34. The molecule has 2 aliphatic rings. The van der Waals surface area contributed by atoms with Gasteiger partial charge in [-0.25, -0.2) is 4.99 Å². The summed E-state index contributed by atoms with van der Waals surface area (Å²) in [6, 6.07) is 12.7. The van der Waals surface area contributed by atoms with Crippen LogP contribution in [-0.4, -0.2) is 19.0 Å². The zero-order valence-electron chi connectivity index (χ0n) is 13.4. The minimum absolute atomic E-state index is 0. The van der Waals surface area contributed by atoms with Crippen LogP contribution in [-0.2, 0) is 0 Å². The Bertz CT molecular complexity index is 821. The fraction of sp³-hybridized carbons (Fsp3) is 0.211. The summed E-state index contributed by atoms with van der Waals surface area (Å²) in [6.45, 7) is 3.93. The number of thiol groups is 1. The fourth-order valence-corrected chi connectivity index (χ4v) is 3.46. The van der Waals surface area contributed by atoms with Crippen molar-refractivity contribution in [3.63, 3.8) is 0 Å². The number of aliphatic imine (C=N–C) groups is 1. The molecular formula is C19H20ClN3S. The number of halogens is 1. The standard InChI is InChI=1S/C19H19N3S.ClH/c1-12-6-8-15-16(18(12)23)9-7-13-4-2-3-5-14(13)17(15)22-19-20-10-11-21-19;/h2-9,17,23H,10-11H2,1H3,(H2,20,21,22);1H. The Morgan fingerprint density at radius 2 is 1.75 bits per heavy atom. The maximum atomic E-state index is 4.97. The van der Waals surface area contributed by atoms with E-state index in [0.717, 1.165) is 29.5 Å². The first-order valence-corrected chi connectivity index (χ1v) is 8.34. The Kier molecular flexibility index (Phi) is 4.88. The van der Waals surface area contributed by atoms with Crippen molar-refractivity contribution in [2.24, 2.45) is 4.99 Å². The number of hydrogen-bond acceptors (Lipinski definition) is 2. The molecule has 1 atom stereocenters. The van der Waals surface area contributed by atoms with Crippen LogP contribution in [0, 0.1) is 6.92 Å². The molecule has 0 aromatic heterocycles. The Morgan fingerprint density at radius 1 is 1.00 bits per heavy atom. The molecule has 124 valence electrons. The van der Waals surface area contributed by atoms with Crippen molar-refractivity contribution in [2.75, 3.05) is 13.1 Å². The summed E-state index contributed by atoms with van der Waals surface area (Å²) in [4.78, 5) is 6.00. The van der Waals surface area contributed by atoms with Gasteiger partial charge in [0.05, 0.1) is 0 Å². The van der Waals surface area contributed by atoms with Crippen LogP contribution in [0.15, 0.2) is 46.3 Å². The van der Waals surface area contributed by atoms with Crippen LogP contribution in [0.2, 0.25) is 0 Å². The molecule has 4 rings (SSSR count). The third-order valence-electron chi connectivity index (χ3n) is 4.44. The van der Waals surface area contributed by atoms with Crippen molar-refractivity contribution >= 4 is 43.1 Å². The van der Waals surface area contributed by atoms with Gasteiger partial charge in [-0.3, -0.25) is 0 Å². The van der Waals surface area contributed by atoms with Crippen LogP contribution < -0.4 is 10.6 Å². The number of guanidine groups is 1. The quantitative estimate of drug-likeness (QED) is 0.678. The Morgan fingerprint density at radius 3 is 2.54 bits per heavy atom. The highest BCUT2D eigenvalue weighted by Gasteiger charge is 2.23. The molecule has 24 heavy (non-hydrogen) atoms. The van der Waals surface area contributed by atoms with Gasteiger partial charge in [-0.15, -0.1) is 25.0 Å². The number of nitrogens with zero attached hydrogens (tertiary/aromatic N) is 1. The lowest BCUT2D eigenvalue weighted by Gasteiger charge is -2.19. The molecule has 5 heteroatoms. The third-order valence-corrected chi connectivity index (χ3v) is 5.03. The lowest BCUT2D eigenvalue weighted by Crippen LogP contribution is -2.25. The summed E-state index contributed by atoms with van der Waals surface area (Å²) < 4.78 is 0. The molecule has 1 unspecified atom stereocenters. The van der Waals surface area contributed by atoms with E-state index in [0.29, 0.717) is 0 Å². The molecule has 2 aromatic rings. The molecule has 2 N–H and O–H groups in total. The first kappa shape index (κ1) is 16.9. The van der Waals surface area contributed by atoms with Gasteiger partial charge in [0.15, 0.2) is 5.96 Å². The molecule has 0 bridgehead atoms. The molecule has 1 saturated heterocycles. The predicted octanol–water partition coefficient (Wildman–Crippen LogP) is 3.83. The molecule has 2 aromatic carbocycles. The van der Waals surface area contributed by atoms with E-state index in [4.69, 9.17) is 17.6 Å². The summed E-state index contributed by atoms with van der Waals surface area (Å²) in [7, 11) is 0. The lowest BCUT2D eigenvalue weighted by atomic mass is 9.93. The monoisotopic (exact) mass is 357 g/mol. The second kappa shape index (κ2) is 6.91. The minimum atomic E-state index is -0.0317. The van der Waals surface area contributed by atoms with Crippen LogP contribution in [0.1, 0.15) is 33.9 Å². The molecule has 1 aliphatic heterocycles. The van der Waals surface area contributed by atoms with Crippen molar-refractivity contribution in [3.05, 3.63) is 64.2 Å². The second-order valence-corrected chi connectivity index (χ2v) is 6.38. The Labute approximate surface area is 154 Å². The topological polar surface area (TPSA) is 36.4 Å². The van der Waals surface area contributed by atoms with E-state index < -0.39 is 0 Å². The number of fused-ring (bicyclic) bond motifs is 2. The van der Waals surface area contributed by atoms with Crippen LogP contribution in [0.5, 0.6) is 0 Å². The summed E-state index contributed by atoms with van der Waals surface area (Å²) in [5.74, 6) is 0.874. The first-order valence-electron chi connectivity index (χ1n) is 7.89. The molecular weight excluding hydrogens is 338 g/mol. The van der Waals surface area contributed by atoms with Gasteiger partial charge in [0.2, 0.25) is 0 Å². The maximum Gasteiger partial charge on any atom is 0.192 e. The number of nitrogens with one attached hydrogen (secondary N) is 2. The van der Waals surface area contributed by atoms with Crippen molar-refractivity contribution in [1.82, 2.24) is 10.6 Å². The normalized spacial score (nSPS) is 17.8. The third kappa shape index (κ3) is 2.92. The van der Waals surface area contributed by atoms with Crippen molar-refractivity contribution in [2.45, 2.75) is 17.9 Å². The van der Waals surface area contributed by atoms with Crippen molar-refractivity contribution in [3.8, 4) is 0 Å². The minimum Gasteiger partial charge on any atom is -0.355 e. The zero-order valence-corrected chi connectivity index (χ0v) is 15.1. The maximum absolute atomic E-state index is 4.97. The first-order chi connectivity index (χ1) is 11.2. The molecule has 0 spiro atoms. The number of aryl methyl sites for hydroxylation is 1. The predicted molar refractivity (Wildman–Crippen MR) is 106 cm³/mol. The van der Waals surface area contributed by atoms with E-state index in [1.165, 1.54) is 22.3 Å². The summed E-state index contributed by atoms with van der Waals surface area (Å²) >= 11 is 4.73. The average molecular weight is 358 g/mol. The van der Waals surface area contributed by atoms with E-state index in [2.05, 4.69) is 66.1 Å². The zero-order chi connectivity index (χ0) is 15.8. The molecule has 0 saturated carbocycles. The van der Waals surface area contributed by atoms with Gasteiger partial charge in [0.1, 0.15) is 6.04 Å². The second-order valence-electron chi connectivity index (χ2n) is 5.93. The van der Waals surface area contributed by atoms with E-state index in [1.807, 2.05) is 0 Å². The molecule has 3 nitrogen and oxygen atoms in total. The van der Waals surface area contributed by atoms with Crippen LogP contribution >= 0.6 is 25.0 Å². The Balaban J connectivity index is 0.00000169. The summed E-state index contributed by atoms with van der Waals surface area (Å²) in [5, 5.41) is 6.62. The number of hydrogen-bond donors (Lipinski definition) is 3. The Hall–Kier alpha value is -1.91. The largest absolute Gasteiger partial charge is 0.355 e. The van der Waals surface area contributed by atoms with E-state index in [9.17, 15) is 0 Å². The van der Waals surface area contributed by atoms with E-state index in [1.54, 1.807) is 0 Å². The molecule has 0 amide bonds. The van der Waals surface area contributed by atoms with Gasteiger partial charge in [0, 0.05) is 18.0 Å². The van der Waals surface area contributed by atoms with E-state index in [-0.39, 0.29) is 18.4 Å². The van der Waals surface area contributed by atoms with Crippen molar-refractivity contribution < 1.29 is 0 Å². The highest BCUT2D eigenvalue weighted by atomic mass is 35.5. The number of benzene rings is 2.